The van der Waals surface area contributed by atoms with E-state index in [-0.39, 0.29) is 5.82 Å². The highest BCUT2D eigenvalue weighted by Gasteiger charge is 2.04. The second-order valence-electron chi connectivity index (χ2n) is 4.73. The molecule has 2 rings (SSSR count). The van der Waals surface area contributed by atoms with E-state index in [0.717, 1.165) is 29.0 Å². The van der Waals surface area contributed by atoms with Crippen LogP contribution in [-0.2, 0) is 13.2 Å². The zero-order chi connectivity index (χ0) is 15.1. The fourth-order valence-electron chi connectivity index (χ4n) is 1.94. The molecule has 0 radical (unpaired) electrons. The quantitative estimate of drug-likeness (QED) is 0.846. The van der Waals surface area contributed by atoms with Crippen LogP contribution in [0.3, 0.4) is 0 Å². The molecule has 2 aromatic rings. The van der Waals surface area contributed by atoms with E-state index in [1.165, 1.54) is 12.1 Å². The molecular formula is C17H20FNO2. The van der Waals surface area contributed by atoms with Gasteiger partial charge in [-0.3, -0.25) is 0 Å². The van der Waals surface area contributed by atoms with Crippen molar-refractivity contribution in [3.8, 4) is 11.5 Å². The van der Waals surface area contributed by atoms with Crippen molar-refractivity contribution in [2.24, 2.45) is 5.73 Å². The standard InChI is InChI=1S/C17H20FNO2/c1-2-9-20-16-5-7-17(8-6-16)21-12-13-3-4-15(18)10-14(13)11-19/h3-8,10H,2,9,11-12,19H2,1H3. The van der Waals surface area contributed by atoms with Gasteiger partial charge in [0.05, 0.1) is 6.61 Å². The number of ether oxygens (including phenoxy) is 2. The SMILES string of the molecule is CCCOc1ccc(OCc2ccc(F)cc2CN)cc1. The van der Waals surface area contributed by atoms with Gasteiger partial charge in [-0.25, -0.2) is 4.39 Å². The van der Waals surface area contributed by atoms with Crippen LogP contribution in [0.4, 0.5) is 4.39 Å². The lowest BCUT2D eigenvalue weighted by molar-refractivity contribution is 0.300. The van der Waals surface area contributed by atoms with Crippen molar-refractivity contribution in [2.75, 3.05) is 6.61 Å². The van der Waals surface area contributed by atoms with Gasteiger partial charge in [-0.15, -0.1) is 0 Å². The van der Waals surface area contributed by atoms with Gasteiger partial charge in [-0.2, -0.15) is 0 Å². The van der Waals surface area contributed by atoms with E-state index in [0.29, 0.717) is 19.8 Å². The Morgan fingerprint density at radius 2 is 1.62 bits per heavy atom. The van der Waals surface area contributed by atoms with E-state index < -0.39 is 0 Å². The van der Waals surface area contributed by atoms with Gasteiger partial charge in [0, 0.05) is 6.54 Å². The first kappa shape index (κ1) is 15.3. The number of rotatable bonds is 7. The van der Waals surface area contributed by atoms with E-state index in [1.54, 1.807) is 6.07 Å². The third-order valence-electron chi connectivity index (χ3n) is 3.08. The van der Waals surface area contributed by atoms with Crippen LogP contribution in [0, 0.1) is 5.82 Å². The largest absolute Gasteiger partial charge is 0.494 e. The normalized spacial score (nSPS) is 10.4. The molecule has 0 atom stereocenters. The monoisotopic (exact) mass is 289 g/mol. The highest BCUT2D eigenvalue weighted by Crippen LogP contribution is 2.20. The summed E-state index contributed by atoms with van der Waals surface area (Å²) >= 11 is 0. The van der Waals surface area contributed by atoms with Gasteiger partial charge in [0.1, 0.15) is 23.9 Å². The molecule has 0 amide bonds. The maximum atomic E-state index is 13.1. The maximum Gasteiger partial charge on any atom is 0.123 e. The van der Waals surface area contributed by atoms with Gasteiger partial charge in [0.2, 0.25) is 0 Å². The molecule has 0 aromatic heterocycles. The Hall–Kier alpha value is -2.07. The van der Waals surface area contributed by atoms with Crippen LogP contribution in [0.25, 0.3) is 0 Å². The number of hydrogen-bond donors (Lipinski definition) is 1. The highest BCUT2D eigenvalue weighted by molar-refractivity contribution is 5.32. The highest BCUT2D eigenvalue weighted by atomic mass is 19.1. The molecule has 2 aromatic carbocycles. The second kappa shape index (κ2) is 7.64. The zero-order valence-electron chi connectivity index (χ0n) is 12.1. The van der Waals surface area contributed by atoms with E-state index in [1.807, 2.05) is 24.3 Å². The molecule has 0 fully saturated rings. The van der Waals surface area contributed by atoms with Crippen LogP contribution in [-0.4, -0.2) is 6.61 Å². The number of benzene rings is 2. The number of halogens is 1. The molecule has 0 aliphatic heterocycles. The van der Waals surface area contributed by atoms with Crippen molar-refractivity contribution >= 4 is 0 Å². The smallest absolute Gasteiger partial charge is 0.123 e. The fraction of sp³-hybridized carbons (Fsp3) is 0.294. The Bertz CT molecular complexity index is 570. The third-order valence-corrected chi connectivity index (χ3v) is 3.08. The summed E-state index contributed by atoms with van der Waals surface area (Å²) in [6, 6.07) is 12.0. The summed E-state index contributed by atoms with van der Waals surface area (Å²) in [5.41, 5.74) is 7.27. The minimum atomic E-state index is -0.281. The molecular weight excluding hydrogens is 269 g/mol. The Labute approximate surface area is 124 Å². The van der Waals surface area contributed by atoms with Crippen molar-refractivity contribution in [1.29, 1.82) is 0 Å². The fourth-order valence-corrected chi connectivity index (χ4v) is 1.94. The van der Waals surface area contributed by atoms with Crippen LogP contribution in [0.2, 0.25) is 0 Å². The Balaban J connectivity index is 1.96. The van der Waals surface area contributed by atoms with E-state index >= 15 is 0 Å². The summed E-state index contributed by atoms with van der Waals surface area (Å²) in [6.07, 6.45) is 0.977. The van der Waals surface area contributed by atoms with E-state index in [9.17, 15) is 4.39 Å². The first-order valence-corrected chi connectivity index (χ1v) is 7.06. The molecule has 3 nitrogen and oxygen atoms in total. The zero-order valence-corrected chi connectivity index (χ0v) is 12.1. The van der Waals surface area contributed by atoms with Gasteiger partial charge >= 0.3 is 0 Å². The molecule has 0 heterocycles. The van der Waals surface area contributed by atoms with Crippen LogP contribution in [0.15, 0.2) is 42.5 Å². The predicted octanol–water partition coefficient (Wildman–Crippen LogP) is 3.65. The van der Waals surface area contributed by atoms with Crippen LogP contribution < -0.4 is 15.2 Å². The van der Waals surface area contributed by atoms with Gasteiger partial charge in [0.15, 0.2) is 0 Å². The van der Waals surface area contributed by atoms with Crippen molar-refractivity contribution < 1.29 is 13.9 Å². The molecule has 0 aliphatic carbocycles. The van der Waals surface area contributed by atoms with Gasteiger partial charge in [-0.05, 0) is 53.9 Å². The van der Waals surface area contributed by atoms with Crippen molar-refractivity contribution in [1.82, 2.24) is 0 Å². The molecule has 0 unspecified atom stereocenters. The molecule has 21 heavy (non-hydrogen) atoms. The second-order valence-corrected chi connectivity index (χ2v) is 4.73. The minimum absolute atomic E-state index is 0.281. The van der Waals surface area contributed by atoms with Crippen molar-refractivity contribution in [2.45, 2.75) is 26.5 Å². The van der Waals surface area contributed by atoms with Crippen molar-refractivity contribution in [3.05, 3.63) is 59.4 Å². The summed E-state index contributed by atoms with van der Waals surface area (Å²) in [4.78, 5) is 0. The Morgan fingerprint density at radius 1 is 0.952 bits per heavy atom. The summed E-state index contributed by atoms with van der Waals surface area (Å²) in [5, 5.41) is 0. The third kappa shape index (κ3) is 4.46. The van der Waals surface area contributed by atoms with Gasteiger partial charge in [-0.1, -0.05) is 13.0 Å². The van der Waals surface area contributed by atoms with Crippen LogP contribution in [0.5, 0.6) is 11.5 Å². The first-order valence-electron chi connectivity index (χ1n) is 7.06. The van der Waals surface area contributed by atoms with Crippen LogP contribution in [0.1, 0.15) is 24.5 Å². The Morgan fingerprint density at radius 3 is 2.24 bits per heavy atom. The number of hydrogen-bond acceptors (Lipinski definition) is 3. The summed E-state index contributed by atoms with van der Waals surface area (Å²) in [5.74, 6) is 1.29. The summed E-state index contributed by atoms with van der Waals surface area (Å²) < 4.78 is 24.3. The lowest BCUT2D eigenvalue weighted by Crippen LogP contribution is -2.05. The molecule has 0 saturated heterocycles. The molecule has 0 bridgehead atoms. The predicted molar refractivity (Wildman–Crippen MR) is 80.9 cm³/mol. The molecule has 0 spiro atoms. The van der Waals surface area contributed by atoms with Gasteiger partial charge < -0.3 is 15.2 Å². The minimum Gasteiger partial charge on any atom is -0.494 e. The molecule has 0 saturated carbocycles. The lowest BCUT2D eigenvalue weighted by atomic mass is 10.1. The molecule has 2 N–H and O–H groups in total. The Kier molecular flexibility index (Phi) is 5.58. The molecule has 112 valence electrons. The van der Waals surface area contributed by atoms with Crippen molar-refractivity contribution in [3.63, 3.8) is 0 Å². The van der Waals surface area contributed by atoms with Crippen LogP contribution >= 0.6 is 0 Å². The average molecular weight is 289 g/mol. The lowest BCUT2D eigenvalue weighted by Gasteiger charge is -2.11. The maximum absolute atomic E-state index is 13.1. The van der Waals surface area contributed by atoms with E-state index in [2.05, 4.69) is 6.92 Å². The first-order chi connectivity index (χ1) is 10.2. The molecule has 4 heteroatoms. The molecule has 0 aliphatic rings. The van der Waals surface area contributed by atoms with E-state index in [4.69, 9.17) is 15.2 Å². The summed E-state index contributed by atoms with van der Waals surface area (Å²) in [7, 11) is 0. The topological polar surface area (TPSA) is 44.5 Å². The number of nitrogens with two attached hydrogens (primary N) is 1. The summed E-state index contributed by atoms with van der Waals surface area (Å²) in [6.45, 7) is 3.42. The van der Waals surface area contributed by atoms with Gasteiger partial charge in [0.25, 0.3) is 0 Å². The average Bonchev–Trinajstić information content (AvgIpc) is 2.52.